The molecule has 0 fully saturated rings. The number of hydrogen-bond acceptors (Lipinski definition) is 10. The summed E-state index contributed by atoms with van der Waals surface area (Å²) in [5, 5.41) is 9.80. The number of aliphatic hydroxyl groups is 1. The molecule has 0 aromatic carbocycles. The lowest BCUT2D eigenvalue weighted by Crippen LogP contribution is -2.30. The van der Waals surface area contributed by atoms with Gasteiger partial charge >= 0.3 is 25.7 Å². The Morgan fingerprint density at radius 1 is 0.414 bits per heavy atom. The fourth-order valence-electron chi connectivity index (χ4n) is 7.32. The maximum atomic E-state index is 12.9. The van der Waals surface area contributed by atoms with Gasteiger partial charge in [-0.15, -0.1) is 0 Å². The van der Waals surface area contributed by atoms with Gasteiger partial charge in [0, 0.05) is 19.3 Å². The minimum Gasteiger partial charge on any atom is -0.462 e. The molecule has 0 saturated heterocycles. The first-order valence-electron chi connectivity index (χ1n) is 27.8. The average Bonchev–Trinajstić information content (AvgIpc) is 3.35. The normalized spacial score (nSPS) is 14.0. The molecule has 0 amide bonds. The maximum Gasteiger partial charge on any atom is 0.472 e. The van der Waals surface area contributed by atoms with Crippen molar-refractivity contribution in [2.75, 3.05) is 26.4 Å². The highest BCUT2D eigenvalue weighted by atomic mass is 31.2. The van der Waals surface area contributed by atoms with E-state index in [0.717, 1.165) is 128 Å². The number of phosphoric acid groups is 1. The van der Waals surface area contributed by atoms with Gasteiger partial charge in [0.25, 0.3) is 0 Å². The van der Waals surface area contributed by atoms with Gasteiger partial charge in [0.15, 0.2) is 6.10 Å². The Kier molecular flexibility index (Phi) is 50.0. The van der Waals surface area contributed by atoms with E-state index in [1.165, 1.54) is 51.4 Å². The Bertz CT molecular complexity index is 1450. The highest BCUT2D eigenvalue weighted by molar-refractivity contribution is 7.47. The Balaban J connectivity index is 4.75. The first-order chi connectivity index (χ1) is 34.2. The smallest absolute Gasteiger partial charge is 0.462 e. The molecular formula is C58H101O11P. The van der Waals surface area contributed by atoms with Crippen LogP contribution in [0.4, 0.5) is 0 Å². The summed E-state index contributed by atoms with van der Waals surface area (Å²) in [4.78, 5) is 48.4. The fourth-order valence-corrected chi connectivity index (χ4v) is 8.11. The van der Waals surface area contributed by atoms with Crippen LogP contribution in [-0.2, 0) is 42.2 Å². The van der Waals surface area contributed by atoms with Gasteiger partial charge in [-0.25, -0.2) is 4.57 Å². The number of carbonyl (C=O) groups is 3. The molecule has 3 unspecified atom stereocenters. The number of aliphatic hydroxyl groups excluding tert-OH is 1. The molecule has 0 aromatic rings. The second-order valence-corrected chi connectivity index (χ2v) is 19.8. The number of unbranched alkanes of at least 4 members (excludes halogenated alkanes) is 22. The van der Waals surface area contributed by atoms with Crippen LogP contribution in [0.3, 0.4) is 0 Å². The van der Waals surface area contributed by atoms with E-state index in [1.807, 2.05) is 0 Å². The molecule has 404 valence electrons. The highest BCUT2D eigenvalue weighted by Gasteiger charge is 2.28. The van der Waals surface area contributed by atoms with Crippen LogP contribution in [0.25, 0.3) is 0 Å². The molecule has 0 saturated carbocycles. The quantitative estimate of drug-likeness (QED) is 0.0197. The lowest BCUT2D eigenvalue weighted by Gasteiger charge is -2.21. The molecule has 0 bridgehead atoms. The molecule has 0 aliphatic carbocycles. The molecule has 0 aliphatic rings. The molecule has 0 aromatic heterocycles. The Morgan fingerprint density at radius 3 is 1.20 bits per heavy atom. The molecule has 0 spiro atoms. The molecular weight excluding hydrogens is 904 g/mol. The number of allylic oxidation sites excluding steroid dienone is 12. The van der Waals surface area contributed by atoms with Crippen molar-refractivity contribution in [1.29, 1.82) is 0 Å². The largest absolute Gasteiger partial charge is 0.472 e. The van der Waals surface area contributed by atoms with E-state index in [-0.39, 0.29) is 25.9 Å². The van der Waals surface area contributed by atoms with E-state index in [2.05, 4.69) is 93.7 Å². The molecule has 11 nitrogen and oxygen atoms in total. The van der Waals surface area contributed by atoms with Crippen molar-refractivity contribution < 1.29 is 52.2 Å². The van der Waals surface area contributed by atoms with E-state index in [1.54, 1.807) is 0 Å². The highest BCUT2D eigenvalue weighted by Crippen LogP contribution is 2.43. The van der Waals surface area contributed by atoms with Crippen LogP contribution in [0.1, 0.15) is 239 Å². The predicted octanol–water partition coefficient (Wildman–Crippen LogP) is 16.1. The topological polar surface area (TPSA) is 155 Å². The van der Waals surface area contributed by atoms with Crippen LogP contribution in [0.5, 0.6) is 0 Å². The Hall–Kier alpha value is -3.08. The minimum atomic E-state index is -4.76. The van der Waals surface area contributed by atoms with E-state index in [9.17, 15) is 28.9 Å². The average molecular weight is 1010 g/mol. The van der Waals surface area contributed by atoms with Gasteiger partial charge < -0.3 is 24.2 Å². The zero-order valence-electron chi connectivity index (χ0n) is 44.5. The monoisotopic (exact) mass is 1000 g/mol. The van der Waals surface area contributed by atoms with Crippen molar-refractivity contribution in [2.45, 2.75) is 251 Å². The van der Waals surface area contributed by atoms with E-state index >= 15 is 0 Å². The first-order valence-corrected chi connectivity index (χ1v) is 29.3. The van der Waals surface area contributed by atoms with Gasteiger partial charge in [0.2, 0.25) is 0 Å². The zero-order valence-corrected chi connectivity index (χ0v) is 45.4. The molecule has 2 N–H and O–H groups in total. The second kappa shape index (κ2) is 52.2. The van der Waals surface area contributed by atoms with Crippen LogP contribution in [-0.4, -0.2) is 66.5 Å². The molecule has 0 aliphatic heterocycles. The van der Waals surface area contributed by atoms with Crippen LogP contribution >= 0.6 is 7.82 Å². The summed E-state index contributed by atoms with van der Waals surface area (Å²) in [7, 11) is -4.76. The number of ether oxygens (including phenoxy) is 3. The molecule has 12 heteroatoms. The minimum absolute atomic E-state index is 0.136. The summed E-state index contributed by atoms with van der Waals surface area (Å²) in [5.41, 5.74) is 0. The molecule has 70 heavy (non-hydrogen) atoms. The van der Waals surface area contributed by atoms with Crippen LogP contribution < -0.4 is 0 Å². The van der Waals surface area contributed by atoms with Gasteiger partial charge in [-0.1, -0.05) is 190 Å². The molecule has 3 atom stereocenters. The fraction of sp³-hybridized carbons (Fsp3) is 0.741. The summed E-state index contributed by atoms with van der Waals surface area (Å²) >= 11 is 0. The Morgan fingerprint density at radius 2 is 0.757 bits per heavy atom. The zero-order chi connectivity index (χ0) is 51.3. The summed E-state index contributed by atoms with van der Waals surface area (Å²) in [6, 6.07) is 0. The number of phosphoric ester groups is 1. The van der Waals surface area contributed by atoms with Gasteiger partial charge in [0.1, 0.15) is 12.7 Å². The number of hydrogen-bond donors (Lipinski definition) is 2. The second-order valence-electron chi connectivity index (χ2n) is 18.4. The van der Waals surface area contributed by atoms with Crippen LogP contribution in [0, 0.1) is 0 Å². The number of rotatable bonds is 51. The Labute approximate surface area is 427 Å². The third-order valence-electron chi connectivity index (χ3n) is 11.6. The molecule has 0 rings (SSSR count). The summed E-state index contributed by atoms with van der Waals surface area (Å²) in [6.07, 6.45) is 57.2. The third kappa shape index (κ3) is 49.9. The number of esters is 3. The molecule has 0 radical (unpaired) electrons. The van der Waals surface area contributed by atoms with E-state index in [4.69, 9.17) is 23.3 Å². The number of carbonyl (C=O) groups excluding carboxylic acids is 3. The van der Waals surface area contributed by atoms with Crippen molar-refractivity contribution in [1.82, 2.24) is 0 Å². The van der Waals surface area contributed by atoms with Crippen LogP contribution in [0.15, 0.2) is 72.9 Å². The van der Waals surface area contributed by atoms with Gasteiger partial charge in [-0.2, -0.15) is 0 Å². The van der Waals surface area contributed by atoms with Crippen molar-refractivity contribution in [3.63, 3.8) is 0 Å². The summed E-state index contributed by atoms with van der Waals surface area (Å²) in [5.74, 6) is -1.51. The summed E-state index contributed by atoms with van der Waals surface area (Å²) in [6.45, 7) is 4.44. The first kappa shape index (κ1) is 66.9. The van der Waals surface area contributed by atoms with Gasteiger partial charge in [-0.3, -0.25) is 23.4 Å². The van der Waals surface area contributed by atoms with Crippen molar-refractivity contribution in [2.24, 2.45) is 0 Å². The van der Waals surface area contributed by atoms with Crippen molar-refractivity contribution in [3.05, 3.63) is 72.9 Å². The van der Waals surface area contributed by atoms with Crippen LogP contribution in [0.2, 0.25) is 0 Å². The van der Waals surface area contributed by atoms with Crippen molar-refractivity contribution >= 4 is 25.7 Å². The summed E-state index contributed by atoms with van der Waals surface area (Å²) < 4.78 is 39.4. The van der Waals surface area contributed by atoms with E-state index < -0.39 is 57.8 Å². The third-order valence-corrected chi connectivity index (χ3v) is 12.5. The van der Waals surface area contributed by atoms with Gasteiger partial charge in [0.05, 0.1) is 19.8 Å². The lowest BCUT2D eigenvalue weighted by atomic mass is 10.1. The van der Waals surface area contributed by atoms with Gasteiger partial charge in [-0.05, 0) is 103 Å². The molecule has 0 heterocycles. The van der Waals surface area contributed by atoms with E-state index in [0.29, 0.717) is 19.3 Å². The van der Waals surface area contributed by atoms with Crippen molar-refractivity contribution in [3.8, 4) is 0 Å². The maximum absolute atomic E-state index is 12.9. The SMILES string of the molecule is CC/C=C\C/C=C\C/C=C\C/C=C\CCCCCCC(=O)OC(COC(=O)CCCCCCC/C=C\CCCC)COP(=O)(O)OCC(CO)OC(=O)CCCCCCC/C=C\CCCCCCCC. The lowest BCUT2D eigenvalue weighted by molar-refractivity contribution is -0.161. The standard InChI is InChI=1S/C58H101O11P/c1-4-7-10-13-16-19-22-24-26-27-29-31-34-37-40-43-46-49-58(62)69-55(51-65-56(60)47-44-41-38-35-32-21-18-15-12-9-6-3)53-67-70(63,64)66-52-54(50-59)68-57(61)48-45-42-39-36-33-30-28-25-23-20-17-14-11-8-5-2/h7,10,15-16,18-19,24-26,28-29,31,54-55,59H,4-6,8-9,11-14,17,20-23,27,30,32-53H2,1-3H3,(H,63,64)/b10-7-,18-15-,19-16-,26-24-,28-25-,31-29-. The predicted molar refractivity (Wildman–Crippen MR) is 288 cm³/mol.